The summed E-state index contributed by atoms with van der Waals surface area (Å²) in [6.07, 6.45) is 3.79. The van der Waals surface area contributed by atoms with Gasteiger partial charge in [0.2, 0.25) is 5.91 Å². The molecule has 3 unspecified atom stereocenters. The minimum Gasteiger partial charge on any atom is -0.461 e. The second-order valence-electron chi connectivity index (χ2n) is 7.50. The average Bonchev–Trinajstić information content (AvgIpc) is 2.64. The quantitative estimate of drug-likeness (QED) is 0.572. The highest BCUT2D eigenvalue weighted by Gasteiger charge is 2.32. The average molecular weight is 362 g/mol. The first-order valence-corrected chi connectivity index (χ1v) is 9.86. The van der Waals surface area contributed by atoms with E-state index in [-0.39, 0.29) is 42.3 Å². The van der Waals surface area contributed by atoms with E-state index in [0.29, 0.717) is 0 Å². The first kappa shape index (κ1) is 22.2. The number of esters is 1. The summed E-state index contributed by atoms with van der Waals surface area (Å²) in [6, 6.07) is 9.60. The molecule has 0 radical (unpaired) electrons. The SMILES string of the molecule is CCCC(C)(CC)NC(=O)C(CC(=O)OCc1ccccc1)C(C)CC. The van der Waals surface area contributed by atoms with E-state index in [2.05, 4.69) is 26.1 Å². The zero-order valence-corrected chi connectivity index (χ0v) is 17.0. The van der Waals surface area contributed by atoms with Gasteiger partial charge in [-0.25, -0.2) is 0 Å². The van der Waals surface area contributed by atoms with Gasteiger partial charge in [-0.3, -0.25) is 9.59 Å². The molecule has 0 heterocycles. The molecular formula is C22H35NO3. The fraction of sp³-hybridized carbons (Fsp3) is 0.636. The fourth-order valence-corrected chi connectivity index (χ4v) is 3.08. The third kappa shape index (κ3) is 7.19. The third-order valence-corrected chi connectivity index (χ3v) is 5.30. The molecule has 1 aromatic rings. The highest BCUT2D eigenvalue weighted by molar-refractivity contribution is 5.84. The van der Waals surface area contributed by atoms with Crippen molar-refractivity contribution in [1.82, 2.24) is 5.32 Å². The number of hydrogen-bond acceptors (Lipinski definition) is 3. The van der Waals surface area contributed by atoms with Crippen molar-refractivity contribution in [3.05, 3.63) is 35.9 Å². The number of amides is 1. The molecular weight excluding hydrogens is 326 g/mol. The van der Waals surface area contributed by atoms with Crippen LogP contribution in [0.25, 0.3) is 0 Å². The standard InChI is InChI=1S/C22H35NO3/c1-6-14-22(5,8-3)23-21(25)19(17(4)7-2)15-20(24)26-16-18-12-10-9-11-13-18/h9-13,17,19H,6-8,14-16H2,1-5H3,(H,23,25). The van der Waals surface area contributed by atoms with Crippen molar-refractivity contribution in [2.24, 2.45) is 11.8 Å². The van der Waals surface area contributed by atoms with E-state index in [9.17, 15) is 9.59 Å². The molecule has 1 aromatic carbocycles. The van der Waals surface area contributed by atoms with Crippen molar-refractivity contribution in [2.45, 2.75) is 78.9 Å². The Kier molecular flexibility index (Phi) is 9.39. The Morgan fingerprint density at radius 2 is 1.81 bits per heavy atom. The van der Waals surface area contributed by atoms with E-state index in [4.69, 9.17) is 4.74 Å². The Morgan fingerprint density at radius 1 is 1.15 bits per heavy atom. The van der Waals surface area contributed by atoms with Gasteiger partial charge < -0.3 is 10.1 Å². The van der Waals surface area contributed by atoms with Crippen LogP contribution < -0.4 is 5.32 Å². The van der Waals surface area contributed by atoms with Crippen LogP contribution in [0.3, 0.4) is 0 Å². The molecule has 4 nitrogen and oxygen atoms in total. The van der Waals surface area contributed by atoms with Crippen molar-refractivity contribution in [1.29, 1.82) is 0 Å². The molecule has 26 heavy (non-hydrogen) atoms. The second-order valence-corrected chi connectivity index (χ2v) is 7.50. The van der Waals surface area contributed by atoms with Crippen LogP contribution in [-0.2, 0) is 20.9 Å². The van der Waals surface area contributed by atoms with Gasteiger partial charge in [-0.2, -0.15) is 0 Å². The van der Waals surface area contributed by atoms with Crippen molar-refractivity contribution < 1.29 is 14.3 Å². The molecule has 0 aliphatic rings. The first-order valence-electron chi connectivity index (χ1n) is 9.86. The maximum atomic E-state index is 12.9. The van der Waals surface area contributed by atoms with E-state index in [1.807, 2.05) is 44.2 Å². The van der Waals surface area contributed by atoms with E-state index in [0.717, 1.165) is 31.2 Å². The number of carbonyl (C=O) groups excluding carboxylic acids is 2. The monoisotopic (exact) mass is 361 g/mol. The van der Waals surface area contributed by atoms with Crippen LogP contribution in [0.5, 0.6) is 0 Å². The highest BCUT2D eigenvalue weighted by Crippen LogP contribution is 2.24. The summed E-state index contributed by atoms with van der Waals surface area (Å²) in [4.78, 5) is 25.2. The van der Waals surface area contributed by atoms with Gasteiger partial charge in [0.1, 0.15) is 6.61 Å². The zero-order chi connectivity index (χ0) is 19.6. The summed E-state index contributed by atoms with van der Waals surface area (Å²) >= 11 is 0. The Morgan fingerprint density at radius 3 is 2.35 bits per heavy atom. The van der Waals surface area contributed by atoms with Gasteiger partial charge in [0.25, 0.3) is 0 Å². The van der Waals surface area contributed by atoms with Crippen molar-refractivity contribution in [2.75, 3.05) is 0 Å². The first-order chi connectivity index (χ1) is 12.3. The lowest BCUT2D eigenvalue weighted by atomic mass is 9.86. The number of carbonyl (C=O) groups is 2. The van der Waals surface area contributed by atoms with Crippen molar-refractivity contribution in [3.63, 3.8) is 0 Å². The molecule has 0 bridgehead atoms. The summed E-state index contributed by atoms with van der Waals surface area (Å²) in [5.41, 5.74) is 0.734. The van der Waals surface area contributed by atoms with Gasteiger partial charge >= 0.3 is 5.97 Å². The maximum absolute atomic E-state index is 12.9. The molecule has 0 aliphatic carbocycles. The molecule has 0 saturated heterocycles. The minimum absolute atomic E-state index is 0.0335. The van der Waals surface area contributed by atoms with Gasteiger partial charge in [0, 0.05) is 5.54 Å². The smallest absolute Gasteiger partial charge is 0.306 e. The lowest BCUT2D eigenvalue weighted by molar-refractivity contribution is -0.149. The lowest BCUT2D eigenvalue weighted by Gasteiger charge is -2.32. The van der Waals surface area contributed by atoms with Crippen LogP contribution in [0.15, 0.2) is 30.3 Å². The predicted octanol–water partition coefficient (Wildman–Crippen LogP) is 4.87. The van der Waals surface area contributed by atoms with Gasteiger partial charge in [0.05, 0.1) is 12.3 Å². The molecule has 1 rings (SSSR count). The molecule has 1 amide bonds. The van der Waals surface area contributed by atoms with E-state index < -0.39 is 0 Å². The van der Waals surface area contributed by atoms with Crippen LogP contribution in [-0.4, -0.2) is 17.4 Å². The Bertz CT molecular complexity index is 558. The molecule has 0 saturated carbocycles. The van der Waals surface area contributed by atoms with Gasteiger partial charge in [0.15, 0.2) is 0 Å². The molecule has 0 spiro atoms. The molecule has 0 aromatic heterocycles. The summed E-state index contributed by atoms with van der Waals surface area (Å²) in [7, 11) is 0. The summed E-state index contributed by atoms with van der Waals surface area (Å²) in [5, 5.41) is 3.19. The van der Waals surface area contributed by atoms with Gasteiger partial charge in [-0.15, -0.1) is 0 Å². The Hall–Kier alpha value is -1.84. The van der Waals surface area contributed by atoms with Gasteiger partial charge in [-0.05, 0) is 31.2 Å². The minimum atomic E-state index is -0.356. The fourth-order valence-electron chi connectivity index (χ4n) is 3.08. The molecule has 4 heteroatoms. The van der Waals surface area contributed by atoms with E-state index in [1.165, 1.54) is 0 Å². The highest BCUT2D eigenvalue weighted by atomic mass is 16.5. The molecule has 0 fully saturated rings. The summed E-state index contributed by atoms with van der Waals surface area (Å²) < 4.78 is 5.39. The third-order valence-electron chi connectivity index (χ3n) is 5.30. The van der Waals surface area contributed by atoms with Crippen LogP contribution in [0.2, 0.25) is 0 Å². The largest absolute Gasteiger partial charge is 0.461 e. The summed E-state index contributed by atoms with van der Waals surface area (Å²) in [6.45, 7) is 10.6. The predicted molar refractivity (Wildman–Crippen MR) is 106 cm³/mol. The number of nitrogens with one attached hydrogen (secondary N) is 1. The second kappa shape index (κ2) is 11.0. The zero-order valence-electron chi connectivity index (χ0n) is 17.0. The number of hydrogen-bond donors (Lipinski definition) is 1. The number of ether oxygens (including phenoxy) is 1. The van der Waals surface area contributed by atoms with Crippen molar-refractivity contribution >= 4 is 11.9 Å². The molecule has 1 N–H and O–H groups in total. The van der Waals surface area contributed by atoms with Crippen LogP contribution in [0, 0.1) is 11.8 Å². The molecule has 146 valence electrons. The van der Waals surface area contributed by atoms with E-state index in [1.54, 1.807) is 0 Å². The number of rotatable bonds is 11. The van der Waals surface area contributed by atoms with Crippen LogP contribution in [0.4, 0.5) is 0 Å². The Balaban J connectivity index is 2.70. The maximum Gasteiger partial charge on any atom is 0.306 e. The topological polar surface area (TPSA) is 55.4 Å². The van der Waals surface area contributed by atoms with Crippen molar-refractivity contribution in [3.8, 4) is 0 Å². The van der Waals surface area contributed by atoms with Crippen LogP contribution in [0.1, 0.15) is 72.3 Å². The Labute approximate surface area is 158 Å². The molecule has 0 aliphatic heterocycles. The number of benzene rings is 1. The van der Waals surface area contributed by atoms with Gasteiger partial charge in [-0.1, -0.05) is 70.9 Å². The molecule has 3 atom stereocenters. The van der Waals surface area contributed by atoms with E-state index >= 15 is 0 Å². The normalized spacial score (nSPS) is 15.6. The summed E-state index contributed by atoms with van der Waals surface area (Å²) in [5.74, 6) is -0.579. The lowest BCUT2D eigenvalue weighted by Crippen LogP contribution is -2.49. The van der Waals surface area contributed by atoms with Crippen LogP contribution >= 0.6 is 0 Å².